The van der Waals surface area contributed by atoms with Gasteiger partial charge in [-0.3, -0.25) is 9.59 Å². The predicted octanol–water partition coefficient (Wildman–Crippen LogP) is -0.621. The van der Waals surface area contributed by atoms with Crippen molar-refractivity contribution >= 4 is 11.8 Å². The highest BCUT2D eigenvalue weighted by molar-refractivity contribution is 5.79. The average Bonchev–Trinajstić information content (AvgIpc) is 2.58. The van der Waals surface area contributed by atoms with Crippen LogP contribution in [-0.4, -0.2) is 37.0 Å². The van der Waals surface area contributed by atoms with E-state index >= 15 is 0 Å². The molecule has 0 aromatic heterocycles. The molecule has 0 radical (unpaired) electrons. The lowest BCUT2D eigenvalue weighted by atomic mass is 10.2. The first-order chi connectivity index (χ1) is 7.08. The summed E-state index contributed by atoms with van der Waals surface area (Å²) in [5.41, 5.74) is 0. The minimum atomic E-state index is -0.0233. The van der Waals surface area contributed by atoms with Gasteiger partial charge in [0.05, 0.1) is 6.54 Å². The Bertz CT molecular complexity index is 241. The van der Waals surface area contributed by atoms with Crippen LogP contribution in [0, 0.1) is 0 Å². The molecule has 1 aliphatic rings. The van der Waals surface area contributed by atoms with Crippen LogP contribution < -0.4 is 16.0 Å². The Morgan fingerprint density at radius 1 is 1.60 bits per heavy atom. The molecule has 0 aliphatic carbocycles. The largest absolute Gasteiger partial charge is 0.353 e. The fourth-order valence-electron chi connectivity index (χ4n) is 1.43. The molecule has 1 aliphatic heterocycles. The van der Waals surface area contributed by atoms with Gasteiger partial charge in [-0.15, -0.1) is 0 Å². The Hall–Kier alpha value is -1.10. The maximum absolute atomic E-state index is 11.3. The van der Waals surface area contributed by atoms with Crippen LogP contribution in [0.15, 0.2) is 0 Å². The predicted molar refractivity (Wildman–Crippen MR) is 57.3 cm³/mol. The second-order valence-electron chi connectivity index (χ2n) is 4.14. The molecular formula is C10H19N3O2. The van der Waals surface area contributed by atoms with Crippen molar-refractivity contribution in [1.29, 1.82) is 0 Å². The van der Waals surface area contributed by atoms with Gasteiger partial charge in [0.1, 0.15) is 0 Å². The van der Waals surface area contributed by atoms with Crippen LogP contribution in [0.2, 0.25) is 0 Å². The van der Waals surface area contributed by atoms with Crippen molar-refractivity contribution in [2.24, 2.45) is 0 Å². The standard InChI is InChI=1S/C10H19N3O2/c1-7(2)11-6-10(15)12-5-8-3-4-9(14)13-8/h7-8,11H,3-6H2,1-2H3,(H,12,15)(H,13,14). The van der Waals surface area contributed by atoms with E-state index in [1.165, 1.54) is 0 Å². The summed E-state index contributed by atoms with van der Waals surface area (Å²) < 4.78 is 0. The Morgan fingerprint density at radius 2 is 2.33 bits per heavy atom. The minimum absolute atomic E-state index is 0.0233. The quantitative estimate of drug-likeness (QED) is 0.570. The molecule has 0 aromatic carbocycles. The van der Waals surface area contributed by atoms with E-state index < -0.39 is 0 Å². The van der Waals surface area contributed by atoms with Gasteiger partial charge in [-0.2, -0.15) is 0 Å². The van der Waals surface area contributed by atoms with Gasteiger partial charge < -0.3 is 16.0 Å². The summed E-state index contributed by atoms with van der Waals surface area (Å²) in [6.07, 6.45) is 1.39. The van der Waals surface area contributed by atoms with Crippen LogP contribution in [0.1, 0.15) is 26.7 Å². The lowest BCUT2D eigenvalue weighted by molar-refractivity contribution is -0.121. The van der Waals surface area contributed by atoms with E-state index in [9.17, 15) is 9.59 Å². The molecule has 2 amide bonds. The van der Waals surface area contributed by atoms with E-state index in [1.54, 1.807) is 0 Å². The van der Waals surface area contributed by atoms with Crippen LogP contribution in [0.5, 0.6) is 0 Å². The Morgan fingerprint density at radius 3 is 2.87 bits per heavy atom. The van der Waals surface area contributed by atoms with Crippen molar-refractivity contribution in [1.82, 2.24) is 16.0 Å². The Kier molecular flexibility index (Phi) is 4.55. The summed E-state index contributed by atoms with van der Waals surface area (Å²) in [4.78, 5) is 22.2. The van der Waals surface area contributed by atoms with E-state index in [-0.39, 0.29) is 17.9 Å². The summed E-state index contributed by atoms with van der Waals surface area (Å²) in [6, 6.07) is 0.419. The van der Waals surface area contributed by atoms with E-state index in [0.717, 1.165) is 6.42 Å². The maximum atomic E-state index is 11.3. The second-order valence-corrected chi connectivity index (χ2v) is 4.14. The molecule has 3 N–H and O–H groups in total. The highest BCUT2D eigenvalue weighted by Gasteiger charge is 2.20. The molecule has 1 fully saturated rings. The summed E-state index contributed by atoms with van der Waals surface area (Å²) in [5.74, 6) is 0.0550. The van der Waals surface area contributed by atoms with Crippen molar-refractivity contribution in [2.45, 2.75) is 38.8 Å². The highest BCUT2D eigenvalue weighted by Crippen LogP contribution is 2.04. The zero-order valence-corrected chi connectivity index (χ0v) is 9.30. The van der Waals surface area contributed by atoms with E-state index in [2.05, 4.69) is 16.0 Å². The third-order valence-corrected chi connectivity index (χ3v) is 2.30. The van der Waals surface area contributed by atoms with Crippen molar-refractivity contribution in [2.75, 3.05) is 13.1 Å². The van der Waals surface area contributed by atoms with E-state index in [1.807, 2.05) is 13.8 Å². The third-order valence-electron chi connectivity index (χ3n) is 2.30. The summed E-state index contributed by atoms with van der Waals surface area (Å²) in [6.45, 7) is 4.84. The molecule has 0 aromatic rings. The molecule has 15 heavy (non-hydrogen) atoms. The lowest BCUT2D eigenvalue weighted by Gasteiger charge is -2.12. The van der Waals surface area contributed by atoms with E-state index in [0.29, 0.717) is 25.6 Å². The monoisotopic (exact) mass is 213 g/mol. The first-order valence-corrected chi connectivity index (χ1v) is 5.37. The fourth-order valence-corrected chi connectivity index (χ4v) is 1.43. The summed E-state index contributed by atoms with van der Waals surface area (Å²) in [7, 11) is 0. The lowest BCUT2D eigenvalue weighted by Crippen LogP contribution is -2.42. The van der Waals surface area contributed by atoms with Gasteiger partial charge in [0, 0.05) is 25.0 Å². The third kappa shape index (κ3) is 4.78. The average molecular weight is 213 g/mol. The first kappa shape index (κ1) is 12.0. The van der Waals surface area contributed by atoms with Crippen LogP contribution in [0.25, 0.3) is 0 Å². The number of amides is 2. The second kappa shape index (κ2) is 5.70. The van der Waals surface area contributed by atoms with Gasteiger partial charge in [-0.25, -0.2) is 0 Å². The highest BCUT2D eigenvalue weighted by atomic mass is 16.2. The number of carbonyl (C=O) groups is 2. The summed E-state index contributed by atoms with van der Waals surface area (Å²) in [5, 5.41) is 8.61. The molecule has 86 valence electrons. The molecule has 1 atom stereocenters. The maximum Gasteiger partial charge on any atom is 0.234 e. The van der Waals surface area contributed by atoms with Crippen molar-refractivity contribution in [3.05, 3.63) is 0 Å². The number of hydrogen-bond donors (Lipinski definition) is 3. The molecule has 0 saturated carbocycles. The minimum Gasteiger partial charge on any atom is -0.353 e. The molecular weight excluding hydrogens is 194 g/mol. The Labute approximate surface area is 90.0 Å². The van der Waals surface area contributed by atoms with Gasteiger partial charge in [0.15, 0.2) is 0 Å². The molecule has 5 heteroatoms. The van der Waals surface area contributed by atoms with Crippen LogP contribution in [0.4, 0.5) is 0 Å². The van der Waals surface area contributed by atoms with Gasteiger partial charge in [-0.05, 0) is 6.42 Å². The van der Waals surface area contributed by atoms with Gasteiger partial charge in [-0.1, -0.05) is 13.8 Å². The SMILES string of the molecule is CC(C)NCC(=O)NCC1CCC(=O)N1. The number of nitrogens with one attached hydrogen (secondary N) is 3. The smallest absolute Gasteiger partial charge is 0.234 e. The molecule has 0 spiro atoms. The molecule has 1 saturated heterocycles. The number of carbonyl (C=O) groups excluding carboxylic acids is 2. The van der Waals surface area contributed by atoms with Gasteiger partial charge >= 0.3 is 0 Å². The first-order valence-electron chi connectivity index (χ1n) is 5.37. The normalized spacial score (nSPS) is 20.5. The van der Waals surface area contributed by atoms with Gasteiger partial charge in [0.2, 0.25) is 11.8 Å². The van der Waals surface area contributed by atoms with Crippen molar-refractivity contribution in [3.8, 4) is 0 Å². The number of rotatable bonds is 5. The van der Waals surface area contributed by atoms with E-state index in [4.69, 9.17) is 0 Å². The fraction of sp³-hybridized carbons (Fsp3) is 0.800. The summed E-state index contributed by atoms with van der Waals surface area (Å²) >= 11 is 0. The van der Waals surface area contributed by atoms with Crippen LogP contribution >= 0.6 is 0 Å². The Balaban J connectivity index is 2.09. The van der Waals surface area contributed by atoms with Crippen LogP contribution in [-0.2, 0) is 9.59 Å². The molecule has 1 unspecified atom stereocenters. The molecule has 0 bridgehead atoms. The van der Waals surface area contributed by atoms with Crippen LogP contribution in [0.3, 0.4) is 0 Å². The zero-order valence-electron chi connectivity index (χ0n) is 9.30. The van der Waals surface area contributed by atoms with Crippen molar-refractivity contribution in [3.63, 3.8) is 0 Å². The molecule has 5 nitrogen and oxygen atoms in total. The number of hydrogen-bond acceptors (Lipinski definition) is 3. The van der Waals surface area contributed by atoms with Gasteiger partial charge in [0.25, 0.3) is 0 Å². The topological polar surface area (TPSA) is 70.2 Å². The molecule has 1 rings (SSSR count). The van der Waals surface area contributed by atoms with Crippen molar-refractivity contribution < 1.29 is 9.59 Å². The zero-order chi connectivity index (χ0) is 11.3. The molecule has 1 heterocycles.